The molecule has 0 radical (unpaired) electrons. The second-order valence-corrected chi connectivity index (χ2v) is 7.58. The molecule has 0 aliphatic carbocycles. The Morgan fingerprint density at radius 3 is 2.78 bits per heavy atom. The van der Waals surface area contributed by atoms with Gasteiger partial charge in [0.1, 0.15) is 5.82 Å². The molecule has 0 aliphatic rings. The van der Waals surface area contributed by atoms with E-state index >= 15 is 0 Å². The molecule has 1 aromatic heterocycles. The van der Waals surface area contributed by atoms with Gasteiger partial charge in [0.2, 0.25) is 5.89 Å². The van der Waals surface area contributed by atoms with Crippen LogP contribution in [0.3, 0.4) is 0 Å². The van der Waals surface area contributed by atoms with Crippen LogP contribution >= 0.6 is 0 Å². The second-order valence-electron chi connectivity index (χ2n) is 5.44. The van der Waals surface area contributed by atoms with Gasteiger partial charge < -0.3 is 9.84 Å². The number of nitrogens with one attached hydrogen (secondary N) is 1. The molecule has 0 saturated heterocycles. The predicted molar refractivity (Wildman–Crippen MR) is 85.2 cm³/mol. The molecule has 0 amide bonds. The summed E-state index contributed by atoms with van der Waals surface area (Å²) < 4.78 is 41.4. The highest BCUT2D eigenvalue weighted by atomic mass is 32.2. The van der Waals surface area contributed by atoms with Gasteiger partial charge in [0.05, 0.1) is 12.3 Å². The summed E-state index contributed by atoms with van der Waals surface area (Å²) in [7, 11) is -3.27. The SMILES string of the molecule is CCCCc1noc(CNc2ccc(CS(C)(=O)=O)c(F)c2)n1. The van der Waals surface area contributed by atoms with Crippen molar-refractivity contribution in [3.8, 4) is 0 Å². The van der Waals surface area contributed by atoms with E-state index in [0.29, 0.717) is 17.4 Å². The number of hydrogen-bond acceptors (Lipinski definition) is 6. The van der Waals surface area contributed by atoms with E-state index < -0.39 is 15.7 Å². The summed E-state index contributed by atoms with van der Waals surface area (Å²) in [6, 6.07) is 4.34. The minimum Gasteiger partial charge on any atom is -0.376 e. The summed E-state index contributed by atoms with van der Waals surface area (Å²) in [5, 5.41) is 6.85. The van der Waals surface area contributed by atoms with Gasteiger partial charge in [0, 0.05) is 23.9 Å². The Balaban J connectivity index is 1.95. The molecule has 1 aromatic carbocycles. The van der Waals surface area contributed by atoms with Gasteiger partial charge in [-0.25, -0.2) is 12.8 Å². The summed E-state index contributed by atoms with van der Waals surface area (Å²) in [5.41, 5.74) is 0.672. The largest absolute Gasteiger partial charge is 0.376 e. The van der Waals surface area contributed by atoms with Crippen molar-refractivity contribution in [2.24, 2.45) is 0 Å². The molecule has 2 rings (SSSR count). The molecule has 0 spiro atoms. The first-order valence-electron chi connectivity index (χ1n) is 7.39. The van der Waals surface area contributed by atoms with Gasteiger partial charge in [-0.05, 0) is 18.6 Å². The van der Waals surface area contributed by atoms with Crippen molar-refractivity contribution < 1.29 is 17.3 Å². The minimum atomic E-state index is -3.27. The van der Waals surface area contributed by atoms with Crippen molar-refractivity contribution in [1.29, 1.82) is 0 Å². The summed E-state index contributed by atoms with van der Waals surface area (Å²) in [5.74, 6) is 0.216. The highest BCUT2D eigenvalue weighted by molar-refractivity contribution is 7.89. The lowest BCUT2D eigenvalue weighted by atomic mass is 10.2. The maximum atomic E-state index is 13.9. The third-order valence-electron chi connectivity index (χ3n) is 3.18. The van der Waals surface area contributed by atoms with E-state index in [0.717, 1.165) is 25.5 Å². The molecule has 0 atom stereocenters. The molecule has 23 heavy (non-hydrogen) atoms. The monoisotopic (exact) mass is 341 g/mol. The molecule has 6 nitrogen and oxygen atoms in total. The number of nitrogens with zero attached hydrogens (tertiary/aromatic N) is 2. The Morgan fingerprint density at radius 1 is 1.35 bits per heavy atom. The average molecular weight is 341 g/mol. The highest BCUT2D eigenvalue weighted by Crippen LogP contribution is 2.17. The average Bonchev–Trinajstić information content (AvgIpc) is 2.92. The van der Waals surface area contributed by atoms with E-state index in [4.69, 9.17) is 4.52 Å². The lowest BCUT2D eigenvalue weighted by Gasteiger charge is -2.06. The van der Waals surface area contributed by atoms with Crippen LogP contribution in [0.2, 0.25) is 0 Å². The van der Waals surface area contributed by atoms with E-state index in [9.17, 15) is 12.8 Å². The van der Waals surface area contributed by atoms with Gasteiger partial charge in [-0.1, -0.05) is 24.6 Å². The lowest BCUT2D eigenvalue weighted by Crippen LogP contribution is -2.05. The van der Waals surface area contributed by atoms with Crippen molar-refractivity contribution in [2.75, 3.05) is 11.6 Å². The van der Waals surface area contributed by atoms with E-state index in [1.807, 2.05) is 0 Å². The molecule has 126 valence electrons. The Morgan fingerprint density at radius 2 is 2.13 bits per heavy atom. The Labute approximate surface area is 135 Å². The maximum Gasteiger partial charge on any atom is 0.245 e. The topological polar surface area (TPSA) is 85.1 Å². The Bertz CT molecular complexity index is 759. The van der Waals surface area contributed by atoms with Gasteiger partial charge in [-0.15, -0.1) is 0 Å². The molecular formula is C15H20FN3O3S. The third kappa shape index (κ3) is 5.63. The number of aromatic nitrogens is 2. The third-order valence-corrected chi connectivity index (χ3v) is 4.01. The first-order chi connectivity index (χ1) is 10.9. The molecule has 1 N–H and O–H groups in total. The zero-order valence-corrected chi connectivity index (χ0v) is 14.0. The van der Waals surface area contributed by atoms with Crippen LogP contribution in [0.4, 0.5) is 10.1 Å². The van der Waals surface area contributed by atoms with Crippen molar-refractivity contribution >= 4 is 15.5 Å². The van der Waals surface area contributed by atoms with E-state index in [1.165, 1.54) is 12.1 Å². The van der Waals surface area contributed by atoms with Gasteiger partial charge in [-0.2, -0.15) is 4.98 Å². The summed E-state index contributed by atoms with van der Waals surface area (Å²) in [4.78, 5) is 4.24. The van der Waals surface area contributed by atoms with Gasteiger partial charge >= 0.3 is 0 Å². The van der Waals surface area contributed by atoms with Gasteiger partial charge in [0.15, 0.2) is 15.7 Å². The molecule has 0 unspecified atom stereocenters. The van der Waals surface area contributed by atoms with Crippen LogP contribution in [-0.4, -0.2) is 24.8 Å². The predicted octanol–water partition coefficient (Wildman–Crippen LogP) is 2.71. The fraction of sp³-hybridized carbons (Fsp3) is 0.467. The van der Waals surface area contributed by atoms with Crippen LogP contribution in [0.25, 0.3) is 0 Å². The number of sulfone groups is 1. The van der Waals surface area contributed by atoms with Crippen molar-refractivity contribution in [1.82, 2.24) is 10.1 Å². The van der Waals surface area contributed by atoms with Crippen LogP contribution in [0.1, 0.15) is 37.0 Å². The Kier molecular flexibility index (Phi) is 5.70. The van der Waals surface area contributed by atoms with Gasteiger partial charge in [-0.3, -0.25) is 0 Å². The van der Waals surface area contributed by atoms with Crippen LogP contribution in [0, 0.1) is 5.82 Å². The highest BCUT2D eigenvalue weighted by Gasteiger charge is 2.11. The lowest BCUT2D eigenvalue weighted by molar-refractivity contribution is 0.377. The Hall–Kier alpha value is -1.96. The number of hydrogen-bond donors (Lipinski definition) is 1. The fourth-order valence-electron chi connectivity index (χ4n) is 2.03. The molecule has 0 saturated carbocycles. The number of unbranched alkanes of at least 4 members (excludes halogenated alkanes) is 1. The van der Waals surface area contributed by atoms with Crippen molar-refractivity contribution in [3.63, 3.8) is 0 Å². The van der Waals surface area contributed by atoms with E-state index in [-0.39, 0.29) is 17.9 Å². The molecular weight excluding hydrogens is 321 g/mol. The summed E-state index contributed by atoms with van der Waals surface area (Å²) in [6.07, 6.45) is 3.90. The molecule has 0 aliphatic heterocycles. The minimum absolute atomic E-state index is 0.151. The van der Waals surface area contributed by atoms with Gasteiger partial charge in [0.25, 0.3) is 0 Å². The molecule has 0 bridgehead atoms. The molecule has 1 heterocycles. The zero-order valence-electron chi connectivity index (χ0n) is 13.2. The van der Waals surface area contributed by atoms with E-state index in [2.05, 4.69) is 22.4 Å². The number of aryl methyl sites for hydroxylation is 1. The van der Waals surface area contributed by atoms with Crippen molar-refractivity contribution in [3.05, 3.63) is 41.3 Å². The first-order valence-corrected chi connectivity index (χ1v) is 9.45. The van der Waals surface area contributed by atoms with Crippen molar-refractivity contribution in [2.45, 2.75) is 38.5 Å². The second kappa shape index (κ2) is 7.54. The molecule has 2 aromatic rings. The van der Waals surface area contributed by atoms with E-state index in [1.54, 1.807) is 6.07 Å². The smallest absolute Gasteiger partial charge is 0.245 e. The number of benzene rings is 1. The van der Waals surface area contributed by atoms with Crippen LogP contribution in [0.15, 0.2) is 22.7 Å². The first kappa shape index (κ1) is 17.4. The fourth-order valence-corrected chi connectivity index (χ4v) is 2.83. The normalized spacial score (nSPS) is 11.6. The zero-order chi connectivity index (χ0) is 16.9. The maximum absolute atomic E-state index is 13.9. The quantitative estimate of drug-likeness (QED) is 0.794. The summed E-state index contributed by atoms with van der Waals surface area (Å²) >= 11 is 0. The number of anilines is 1. The van der Waals surface area contributed by atoms with Crippen LogP contribution in [0.5, 0.6) is 0 Å². The van der Waals surface area contributed by atoms with Crippen LogP contribution < -0.4 is 5.32 Å². The summed E-state index contributed by atoms with van der Waals surface area (Å²) in [6.45, 7) is 2.37. The number of rotatable bonds is 8. The molecule has 8 heteroatoms. The van der Waals surface area contributed by atoms with Crippen LogP contribution in [-0.2, 0) is 28.6 Å². The molecule has 0 fully saturated rings. The standard InChI is InChI=1S/C15H20FN3O3S/c1-3-4-5-14-18-15(22-19-14)9-17-12-7-6-11(13(16)8-12)10-23(2,20)21/h6-8,17H,3-5,9-10H2,1-2H3. The number of halogens is 1.